The minimum atomic E-state index is -0.372. The van der Waals surface area contributed by atoms with Gasteiger partial charge in [0.15, 0.2) is 0 Å². The van der Waals surface area contributed by atoms with Gasteiger partial charge in [0.2, 0.25) is 0 Å². The molecule has 2 N–H and O–H groups in total. The fourth-order valence-corrected chi connectivity index (χ4v) is 2.61. The molecule has 0 aliphatic heterocycles. The Morgan fingerprint density at radius 1 is 1.07 bits per heavy atom. The molecular weight excluding hydrogens is 339 g/mol. The molecule has 0 aliphatic carbocycles. The molecule has 1 heterocycles. The van der Waals surface area contributed by atoms with Crippen molar-refractivity contribution in [1.29, 1.82) is 0 Å². The molecule has 0 unspecified atom stereocenters. The highest BCUT2D eigenvalue weighted by Crippen LogP contribution is 2.21. The van der Waals surface area contributed by atoms with Gasteiger partial charge in [-0.1, -0.05) is 52.7 Å². The van der Waals surface area contributed by atoms with Crippen LogP contribution in [0.25, 0.3) is 0 Å². The van der Waals surface area contributed by atoms with E-state index in [2.05, 4.69) is 55.0 Å². The highest BCUT2D eigenvalue weighted by molar-refractivity contribution is 5.42. The van der Waals surface area contributed by atoms with Crippen LogP contribution in [0.15, 0.2) is 36.4 Å². The third kappa shape index (κ3) is 6.16. The van der Waals surface area contributed by atoms with Gasteiger partial charge in [-0.3, -0.25) is 0 Å². The molecule has 1 atom stereocenters. The van der Waals surface area contributed by atoms with E-state index in [1.807, 2.05) is 26.0 Å². The Hall–Kier alpha value is -2.22. The second-order valence-corrected chi connectivity index (χ2v) is 8.12. The standard InChI is InChI=1S/C23H29FN2O/c1-16(2)22(15-27)25-14-21-20(24)13-12-19(26-21)11-8-17-6-9-18(10-7-17)23(3,4)5/h6-7,9-10,12-13,16,22,25,27H,14-15H2,1-5H3/t22-/m0/s1. The van der Waals surface area contributed by atoms with Crippen molar-refractivity contribution in [3.63, 3.8) is 0 Å². The maximum absolute atomic E-state index is 14.0. The number of rotatable bonds is 5. The monoisotopic (exact) mass is 368 g/mol. The number of benzene rings is 1. The van der Waals surface area contributed by atoms with E-state index in [4.69, 9.17) is 0 Å². The molecule has 0 radical (unpaired) electrons. The fraction of sp³-hybridized carbons (Fsp3) is 0.435. The fourth-order valence-electron chi connectivity index (χ4n) is 2.61. The number of hydrogen-bond acceptors (Lipinski definition) is 3. The van der Waals surface area contributed by atoms with E-state index in [0.717, 1.165) is 5.56 Å². The van der Waals surface area contributed by atoms with Crippen molar-refractivity contribution in [2.24, 2.45) is 5.92 Å². The van der Waals surface area contributed by atoms with Crippen molar-refractivity contribution in [2.45, 2.75) is 52.6 Å². The lowest BCUT2D eigenvalue weighted by Crippen LogP contribution is -2.37. The summed E-state index contributed by atoms with van der Waals surface area (Å²) in [6.45, 7) is 10.8. The van der Waals surface area contributed by atoms with Crippen LogP contribution in [0, 0.1) is 23.6 Å². The first-order valence-electron chi connectivity index (χ1n) is 9.33. The van der Waals surface area contributed by atoms with E-state index in [9.17, 15) is 9.50 Å². The Bertz CT molecular complexity index is 811. The molecule has 0 amide bonds. The molecule has 3 nitrogen and oxygen atoms in total. The van der Waals surface area contributed by atoms with Gasteiger partial charge in [-0.25, -0.2) is 9.37 Å². The first-order valence-corrected chi connectivity index (χ1v) is 9.33. The highest BCUT2D eigenvalue weighted by Gasteiger charge is 2.14. The number of nitrogens with one attached hydrogen (secondary N) is 1. The topological polar surface area (TPSA) is 45.1 Å². The van der Waals surface area contributed by atoms with Gasteiger partial charge in [0.25, 0.3) is 0 Å². The van der Waals surface area contributed by atoms with Crippen molar-refractivity contribution in [3.8, 4) is 11.8 Å². The van der Waals surface area contributed by atoms with Crippen molar-refractivity contribution in [3.05, 3.63) is 64.7 Å². The minimum absolute atomic E-state index is 0.00332. The van der Waals surface area contributed by atoms with Gasteiger partial charge in [0.05, 0.1) is 12.3 Å². The number of hydrogen-bond donors (Lipinski definition) is 2. The predicted molar refractivity (Wildman–Crippen MR) is 108 cm³/mol. The highest BCUT2D eigenvalue weighted by atomic mass is 19.1. The first kappa shape index (κ1) is 21.1. The average molecular weight is 368 g/mol. The van der Waals surface area contributed by atoms with Crippen molar-refractivity contribution in [2.75, 3.05) is 6.61 Å². The molecule has 0 bridgehead atoms. The molecule has 0 spiro atoms. The van der Waals surface area contributed by atoms with Crippen LogP contribution in [0.1, 0.15) is 57.1 Å². The van der Waals surface area contributed by atoms with E-state index in [-0.39, 0.29) is 36.3 Å². The molecule has 0 aliphatic rings. The first-order chi connectivity index (χ1) is 12.7. The van der Waals surface area contributed by atoms with Crippen molar-refractivity contribution >= 4 is 0 Å². The number of aromatic nitrogens is 1. The van der Waals surface area contributed by atoms with E-state index in [1.54, 1.807) is 6.07 Å². The van der Waals surface area contributed by atoms with Crippen LogP contribution >= 0.6 is 0 Å². The Kier molecular flexibility index (Phi) is 7.12. The minimum Gasteiger partial charge on any atom is -0.395 e. The number of pyridine rings is 1. The van der Waals surface area contributed by atoms with Crippen LogP contribution in [0.2, 0.25) is 0 Å². The molecule has 0 saturated heterocycles. The number of aliphatic hydroxyl groups excluding tert-OH is 1. The zero-order chi connectivity index (χ0) is 20.0. The Morgan fingerprint density at radius 2 is 1.74 bits per heavy atom. The molecule has 1 aromatic carbocycles. The van der Waals surface area contributed by atoms with Crippen LogP contribution in [0.4, 0.5) is 4.39 Å². The molecule has 2 rings (SSSR count). The number of aliphatic hydroxyl groups is 1. The maximum Gasteiger partial charge on any atom is 0.146 e. The lowest BCUT2D eigenvalue weighted by molar-refractivity contribution is 0.209. The van der Waals surface area contributed by atoms with E-state index in [1.165, 1.54) is 11.6 Å². The van der Waals surface area contributed by atoms with Crippen LogP contribution < -0.4 is 5.32 Å². The summed E-state index contributed by atoms with van der Waals surface area (Å²) in [4.78, 5) is 4.32. The third-order valence-electron chi connectivity index (χ3n) is 4.54. The number of halogens is 1. The van der Waals surface area contributed by atoms with E-state index < -0.39 is 0 Å². The smallest absolute Gasteiger partial charge is 0.146 e. The lowest BCUT2D eigenvalue weighted by atomic mass is 9.87. The van der Waals surface area contributed by atoms with Gasteiger partial charge in [-0.15, -0.1) is 0 Å². The lowest BCUT2D eigenvalue weighted by Gasteiger charge is -2.19. The molecule has 1 aromatic heterocycles. The molecule has 0 saturated carbocycles. The van der Waals surface area contributed by atoms with Crippen molar-refractivity contribution < 1.29 is 9.50 Å². The molecule has 2 aromatic rings. The maximum atomic E-state index is 14.0. The second-order valence-electron chi connectivity index (χ2n) is 8.12. The van der Waals surface area contributed by atoms with Gasteiger partial charge in [0, 0.05) is 18.2 Å². The van der Waals surface area contributed by atoms with Crippen LogP contribution in [0.5, 0.6) is 0 Å². The molecular formula is C23H29FN2O. The third-order valence-corrected chi connectivity index (χ3v) is 4.54. The summed E-state index contributed by atoms with van der Waals surface area (Å²) < 4.78 is 14.0. The molecule has 0 fully saturated rings. The van der Waals surface area contributed by atoms with Crippen LogP contribution in [0.3, 0.4) is 0 Å². The van der Waals surface area contributed by atoms with Gasteiger partial charge in [-0.05, 0) is 47.1 Å². The SMILES string of the molecule is CC(C)[C@H](CO)NCc1nc(C#Cc2ccc(C(C)(C)C)cc2)ccc1F. The average Bonchev–Trinajstić information content (AvgIpc) is 2.61. The molecule has 144 valence electrons. The van der Waals surface area contributed by atoms with Crippen LogP contribution in [-0.2, 0) is 12.0 Å². The Balaban J connectivity index is 2.13. The number of nitrogens with zero attached hydrogens (tertiary/aromatic N) is 1. The summed E-state index contributed by atoms with van der Waals surface area (Å²) in [5.41, 5.74) is 3.09. The summed E-state index contributed by atoms with van der Waals surface area (Å²) in [5, 5.41) is 12.5. The second kappa shape index (κ2) is 9.12. The zero-order valence-corrected chi connectivity index (χ0v) is 16.8. The van der Waals surface area contributed by atoms with E-state index >= 15 is 0 Å². The quantitative estimate of drug-likeness (QED) is 0.784. The largest absolute Gasteiger partial charge is 0.395 e. The summed E-state index contributed by atoms with van der Waals surface area (Å²) in [7, 11) is 0. The van der Waals surface area contributed by atoms with Crippen molar-refractivity contribution in [1.82, 2.24) is 10.3 Å². The Morgan fingerprint density at radius 3 is 2.30 bits per heavy atom. The summed E-state index contributed by atoms with van der Waals surface area (Å²) >= 11 is 0. The summed E-state index contributed by atoms with van der Waals surface area (Å²) in [6.07, 6.45) is 0. The van der Waals surface area contributed by atoms with Crippen LogP contribution in [-0.4, -0.2) is 22.7 Å². The zero-order valence-electron chi connectivity index (χ0n) is 16.8. The van der Waals surface area contributed by atoms with Gasteiger partial charge < -0.3 is 10.4 Å². The van der Waals surface area contributed by atoms with Gasteiger partial charge in [-0.2, -0.15) is 0 Å². The molecule has 27 heavy (non-hydrogen) atoms. The normalized spacial score (nSPS) is 12.6. The van der Waals surface area contributed by atoms with E-state index in [0.29, 0.717) is 11.4 Å². The Labute approximate surface area is 162 Å². The van der Waals surface area contributed by atoms with Gasteiger partial charge >= 0.3 is 0 Å². The predicted octanol–water partition coefficient (Wildman–Crippen LogP) is 4.02. The molecule has 4 heteroatoms. The van der Waals surface area contributed by atoms with Gasteiger partial charge in [0.1, 0.15) is 11.5 Å². The summed E-state index contributed by atoms with van der Waals surface area (Å²) in [6, 6.07) is 11.0. The summed E-state index contributed by atoms with van der Waals surface area (Å²) in [5.74, 6) is 5.97.